The van der Waals surface area contributed by atoms with E-state index in [1.165, 1.54) is 0 Å². The highest BCUT2D eigenvalue weighted by atomic mass is 32.2. The number of carbonyl (C=O) groups excluding carboxylic acids is 2. The molecule has 3 saturated heterocycles. The van der Waals surface area contributed by atoms with Crippen LogP contribution in [0.15, 0.2) is 10.6 Å². The van der Waals surface area contributed by atoms with Crippen molar-refractivity contribution >= 4 is 21.8 Å². The zero-order valence-electron chi connectivity index (χ0n) is 17.5. The van der Waals surface area contributed by atoms with Crippen LogP contribution in [0.4, 0.5) is 0 Å². The first kappa shape index (κ1) is 21.3. The molecule has 1 aromatic rings. The summed E-state index contributed by atoms with van der Waals surface area (Å²) in [4.78, 5) is 29.9. The number of aromatic nitrogens is 1. The van der Waals surface area contributed by atoms with Crippen LogP contribution in [0.5, 0.6) is 0 Å². The number of morpholine rings is 1. The Morgan fingerprint density at radius 1 is 1.27 bits per heavy atom. The van der Waals surface area contributed by atoms with E-state index in [1.54, 1.807) is 11.0 Å². The SMILES string of the molecule is CC(C)[C@H]1C(=O)N(S(C)(=O)=O)[C@H]2CCN(C(=O)c3cc(CN4CCOCC4)on3)[C@H]12. The molecule has 0 saturated carbocycles. The molecule has 4 rings (SSSR count). The Labute approximate surface area is 176 Å². The van der Waals surface area contributed by atoms with Crippen molar-refractivity contribution in [1.29, 1.82) is 0 Å². The second kappa shape index (κ2) is 7.93. The summed E-state index contributed by atoms with van der Waals surface area (Å²) in [5.74, 6) is -0.812. The van der Waals surface area contributed by atoms with Crippen LogP contribution in [-0.2, 0) is 26.1 Å². The third-order valence-electron chi connectivity index (χ3n) is 6.19. The van der Waals surface area contributed by atoms with Gasteiger partial charge in [0.25, 0.3) is 5.91 Å². The number of likely N-dealkylation sites (tertiary alicyclic amines) is 1. The van der Waals surface area contributed by atoms with Gasteiger partial charge in [-0.1, -0.05) is 19.0 Å². The molecule has 4 heterocycles. The summed E-state index contributed by atoms with van der Waals surface area (Å²) in [6.07, 6.45) is 1.47. The van der Waals surface area contributed by atoms with Gasteiger partial charge in [-0.25, -0.2) is 12.7 Å². The lowest BCUT2D eigenvalue weighted by Gasteiger charge is -2.28. The second-order valence-electron chi connectivity index (χ2n) is 8.58. The van der Waals surface area contributed by atoms with Gasteiger partial charge in [0.1, 0.15) is 0 Å². The van der Waals surface area contributed by atoms with E-state index >= 15 is 0 Å². The van der Waals surface area contributed by atoms with Gasteiger partial charge in [-0.3, -0.25) is 14.5 Å². The molecule has 3 aliphatic heterocycles. The first-order valence-corrected chi connectivity index (χ1v) is 12.1. The molecule has 30 heavy (non-hydrogen) atoms. The normalized spacial score (nSPS) is 27.9. The van der Waals surface area contributed by atoms with Crippen molar-refractivity contribution in [2.45, 2.75) is 38.9 Å². The molecule has 0 radical (unpaired) electrons. The summed E-state index contributed by atoms with van der Waals surface area (Å²) >= 11 is 0. The highest BCUT2D eigenvalue weighted by Crippen LogP contribution is 2.41. The zero-order valence-corrected chi connectivity index (χ0v) is 18.3. The number of fused-ring (bicyclic) bond motifs is 1. The van der Waals surface area contributed by atoms with Crippen LogP contribution in [0.3, 0.4) is 0 Å². The minimum Gasteiger partial charge on any atom is -0.379 e. The van der Waals surface area contributed by atoms with Crippen LogP contribution in [0, 0.1) is 11.8 Å². The highest BCUT2D eigenvalue weighted by Gasteiger charge is 2.58. The van der Waals surface area contributed by atoms with Gasteiger partial charge >= 0.3 is 0 Å². The Bertz CT molecular complexity index is 923. The molecule has 11 heteroatoms. The van der Waals surface area contributed by atoms with E-state index in [4.69, 9.17) is 9.26 Å². The number of amides is 2. The summed E-state index contributed by atoms with van der Waals surface area (Å²) in [6, 6.07) is 0.628. The number of hydrogen-bond acceptors (Lipinski definition) is 8. The standard InChI is InChI=1S/C19H28N4O6S/c1-12(2)16-17-15(23(19(16)25)30(3,26)27)4-5-22(17)18(24)14-10-13(29-20-14)11-21-6-8-28-9-7-21/h10,12,15-17H,4-9,11H2,1-3H3/t15-,16+,17-/m0/s1. The fourth-order valence-corrected chi connectivity index (χ4v) is 6.06. The molecule has 0 aromatic carbocycles. The van der Waals surface area contributed by atoms with Crippen molar-refractivity contribution in [1.82, 2.24) is 19.3 Å². The number of sulfonamides is 1. The van der Waals surface area contributed by atoms with Crippen LogP contribution < -0.4 is 0 Å². The highest BCUT2D eigenvalue weighted by molar-refractivity contribution is 7.88. The first-order chi connectivity index (χ1) is 14.2. The first-order valence-electron chi connectivity index (χ1n) is 10.3. The van der Waals surface area contributed by atoms with Crippen LogP contribution in [0.25, 0.3) is 0 Å². The number of carbonyl (C=O) groups is 2. The van der Waals surface area contributed by atoms with E-state index in [2.05, 4.69) is 10.1 Å². The maximum Gasteiger partial charge on any atom is 0.276 e. The topological polar surface area (TPSA) is 113 Å². The van der Waals surface area contributed by atoms with Gasteiger partial charge in [0.05, 0.1) is 44.0 Å². The van der Waals surface area contributed by atoms with Crippen molar-refractivity contribution < 1.29 is 27.3 Å². The van der Waals surface area contributed by atoms with Gasteiger partial charge in [-0.15, -0.1) is 0 Å². The molecule has 166 valence electrons. The van der Waals surface area contributed by atoms with Crippen molar-refractivity contribution in [2.75, 3.05) is 39.1 Å². The van der Waals surface area contributed by atoms with Crippen LogP contribution in [-0.4, -0.2) is 90.7 Å². The molecule has 10 nitrogen and oxygen atoms in total. The molecule has 3 aliphatic rings. The van der Waals surface area contributed by atoms with E-state index < -0.39 is 33.9 Å². The van der Waals surface area contributed by atoms with Gasteiger partial charge < -0.3 is 14.2 Å². The fraction of sp³-hybridized carbons (Fsp3) is 0.737. The Balaban J connectivity index is 1.54. The van der Waals surface area contributed by atoms with Crippen molar-refractivity contribution in [3.63, 3.8) is 0 Å². The molecule has 1 aromatic heterocycles. The number of rotatable bonds is 5. The molecule has 3 fully saturated rings. The summed E-state index contributed by atoms with van der Waals surface area (Å²) in [5, 5.41) is 3.96. The molecular formula is C19H28N4O6S. The summed E-state index contributed by atoms with van der Waals surface area (Å²) in [7, 11) is -3.70. The predicted octanol–water partition coefficient (Wildman–Crippen LogP) is 0.164. The largest absolute Gasteiger partial charge is 0.379 e. The fourth-order valence-electron chi connectivity index (χ4n) is 4.89. The summed E-state index contributed by atoms with van der Waals surface area (Å²) in [5.41, 5.74) is 0.187. The maximum atomic E-state index is 13.2. The van der Waals surface area contributed by atoms with Gasteiger partial charge in [0.2, 0.25) is 15.9 Å². The minimum absolute atomic E-state index is 0.0978. The third-order valence-corrected chi connectivity index (χ3v) is 7.35. The lowest BCUT2D eigenvalue weighted by molar-refractivity contribution is -0.129. The molecule has 0 N–H and O–H groups in total. The van der Waals surface area contributed by atoms with Crippen molar-refractivity contribution in [3.05, 3.63) is 17.5 Å². The average molecular weight is 441 g/mol. The van der Waals surface area contributed by atoms with Crippen molar-refractivity contribution in [2.24, 2.45) is 11.8 Å². The molecular weight excluding hydrogens is 412 g/mol. The van der Waals surface area contributed by atoms with E-state index in [-0.39, 0.29) is 17.5 Å². The molecule has 3 atom stereocenters. The van der Waals surface area contributed by atoms with Gasteiger partial charge in [-0.05, 0) is 12.3 Å². The number of hydrogen-bond donors (Lipinski definition) is 0. The monoisotopic (exact) mass is 440 g/mol. The van der Waals surface area contributed by atoms with Crippen LogP contribution >= 0.6 is 0 Å². The third kappa shape index (κ3) is 3.74. The Morgan fingerprint density at radius 2 is 1.97 bits per heavy atom. The molecule has 0 unspecified atom stereocenters. The van der Waals surface area contributed by atoms with Gasteiger partial charge in [-0.2, -0.15) is 0 Å². The van der Waals surface area contributed by atoms with E-state index in [0.717, 1.165) is 23.7 Å². The second-order valence-corrected chi connectivity index (χ2v) is 10.4. The molecule has 0 bridgehead atoms. The van der Waals surface area contributed by atoms with Crippen molar-refractivity contribution in [3.8, 4) is 0 Å². The van der Waals surface area contributed by atoms with Crippen LogP contribution in [0.2, 0.25) is 0 Å². The lowest BCUT2D eigenvalue weighted by Crippen LogP contribution is -2.44. The summed E-state index contributed by atoms with van der Waals surface area (Å²) in [6.45, 7) is 7.59. The number of nitrogens with zero attached hydrogens (tertiary/aromatic N) is 4. The van der Waals surface area contributed by atoms with E-state index in [9.17, 15) is 18.0 Å². The quantitative estimate of drug-likeness (QED) is 0.636. The number of ether oxygens (including phenoxy) is 1. The van der Waals surface area contributed by atoms with Crippen LogP contribution in [0.1, 0.15) is 36.5 Å². The summed E-state index contributed by atoms with van der Waals surface area (Å²) < 4.78 is 36.2. The minimum atomic E-state index is -3.70. The molecule has 0 spiro atoms. The van der Waals surface area contributed by atoms with Gasteiger partial charge in [0.15, 0.2) is 11.5 Å². The van der Waals surface area contributed by atoms with E-state index in [0.29, 0.717) is 38.5 Å². The molecule has 2 amide bonds. The molecule has 0 aliphatic carbocycles. The average Bonchev–Trinajstić information content (AvgIpc) is 3.35. The van der Waals surface area contributed by atoms with Gasteiger partial charge in [0, 0.05) is 25.7 Å². The van der Waals surface area contributed by atoms with E-state index in [1.807, 2.05) is 13.8 Å². The Hall–Kier alpha value is -1.98. The maximum absolute atomic E-state index is 13.2. The lowest BCUT2D eigenvalue weighted by atomic mass is 9.88. The predicted molar refractivity (Wildman–Crippen MR) is 106 cm³/mol. The Kier molecular flexibility index (Phi) is 5.62. The smallest absolute Gasteiger partial charge is 0.276 e. The zero-order chi connectivity index (χ0) is 21.6. The Morgan fingerprint density at radius 3 is 2.60 bits per heavy atom.